The summed E-state index contributed by atoms with van der Waals surface area (Å²) in [6.07, 6.45) is 5.31. The molecule has 2 N–H and O–H groups in total. The molecule has 23 heavy (non-hydrogen) atoms. The van der Waals surface area contributed by atoms with Crippen LogP contribution < -0.4 is 10.9 Å². The Morgan fingerprint density at radius 3 is 2.87 bits per heavy atom. The molecule has 0 saturated carbocycles. The Kier molecular flexibility index (Phi) is 3.23. The zero-order valence-electron chi connectivity index (χ0n) is 12.1. The topological polar surface area (TPSA) is 96.2 Å². The number of hydrogen-bond donors (Lipinski definition) is 2. The Bertz CT molecular complexity index is 911. The van der Waals surface area contributed by atoms with Crippen LogP contribution in [0.5, 0.6) is 0 Å². The molecule has 114 valence electrons. The molecule has 2 aromatic heterocycles. The monoisotopic (exact) mass is 307 g/mol. The van der Waals surface area contributed by atoms with Gasteiger partial charge in [0, 0.05) is 30.4 Å². The van der Waals surface area contributed by atoms with E-state index in [0.29, 0.717) is 30.2 Å². The molecule has 1 aliphatic rings. The second-order valence-corrected chi connectivity index (χ2v) is 5.13. The first-order chi connectivity index (χ1) is 11.3. The van der Waals surface area contributed by atoms with E-state index in [0.717, 1.165) is 16.9 Å². The first-order valence-electron chi connectivity index (χ1n) is 7.18. The molecular weight excluding hydrogens is 294 g/mol. The lowest BCUT2D eigenvalue weighted by molar-refractivity contribution is 0.572. The van der Waals surface area contributed by atoms with Crippen LogP contribution in [-0.2, 0) is 6.42 Å². The van der Waals surface area contributed by atoms with Crippen LogP contribution in [0, 0.1) is 0 Å². The minimum atomic E-state index is -0.181. The Morgan fingerprint density at radius 2 is 2.09 bits per heavy atom. The van der Waals surface area contributed by atoms with Crippen molar-refractivity contribution in [3.63, 3.8) is 0 Å². The van der Waals surface area contributed by atoms with Crippen molar-refractivity contribution in [2.75, 3.05) is 11.9 Å². The van der Waals surface area contributed by atoms with Gasteiger partial charge in [0.05, 0.1) is 17.5 Å². The van der Waals surface area contributed by atoms with E-state index in [1.807, 2.05) is 24.3 Å². The number of aromatic nitrogens is 3. The van der Waals surface area contributed by atoms with Gasteiger partial charge in [0.2, 0.25) is 5.95 Å². The molecule has 3 aromatic rings. The summed E-state index contributed by atoms with van der Waals surface area (Å²) in [5, 5.41) is 3.11. The number of aliphatic imine (C=N–C) groups is 1. The van der Waals surface area contributed by atoms with Gasteiger partial charge in [-0.1, -0.05) is 0 Å². The number of nitrogens with one attached hydrogen (secondary N) is 2. The van der Waals surface area contributed by atoms with Crippen LogP contribution in [0.25, 0.3) is 11.3 Å². The third-order valence-corrected chi connectivity index (χ3v) is 3.60. The molecule has 0 radical (unpaired) electrons. The molecule has 0 bridgehead atoms. The van der Waals surface area contributed by atoms with E-state index in [4.69, 9.17) is 4.42 Å². The minimum absolute atomic E-state index is 0.181. The third kappa shape index (κ3) is 2.64. The van der Waals surface area contributed by atoms with E-state index in [-0.39, 0.29) is 5.56 Å². The van der Waals surface area contributed by atoms with Crippen molar-refractivity contribution < 1.29 is 4.42 Å². The number of benzene rings is 1. The van der Waals surface area contributed by atoms with Crippen LogP contribution >= 0.6 is 0 Å². The molecule has 0 unspecified atom stereocenters. The molecule has 7 heteroatoms. The lowest BCUT2D eigenvalue weighted by Gasteiger charge is -2.11. The van der Waals surface area contributed by atoms with Gasteiger partial charge in [-0.3, -0.25) is 14.8 Å². The normalized spacial score (nSPS) is 12.9. The predicted molar refractivity (Wildman–Crippen MR) is 86.2 cm³/mol. The van der Waals surface area contributed by atoms with Crippen molar-refractivity contribution in [1.82, 2.24) is 15.0 Å². The first kappa shape index (κ1) is 13.4. The summed E-state index contributed by atoms with van der Waals surface area (Å²) in [5.41, 5.74) is 2.88. The maximum atomic E-state index is 12.0. The maximum Gasteiger partial charge on any atom is 0.261 e. The van der Waals surface area contributed by atoms with Crippen LogP contribution in [0.4, 0.5) is 11.6 Å². The number of H-pyrrole nitrogens is 1. The number of hydrogen-bond acceptors (Lipinski definition) is 6. The quantitative estimate of drug-likeness (QED) is 0.773. The number of oxazole rings is 1. The lowest BCUT2D eigenvalue weighted by Crippen LogP contribution is -2.22. The molecular formula is C16H13N5O2. The third-order valence-electron chi connectivity index (χ3n) is 3.60. The van der Waals surface area contributed by atoms with Crippen LogP contribution in [0.2, 0.25) is 0 Å². The van der Waals surface area contributed by atoms with Gasteiger partial charge in [-0.2, -0.15) is 0 Å². The van der Waals surface area contributed by atoms with Crippen LogP contribution in [0.3, 0.4) is 0 Å². The molecule has 1 aromatic carbocycles. The molecule has 0 amide bonds. The highest BCUT2D eigenvalue weighted by molar-refractivity contribution is 5.81. The molecule has 0 saturated heterocycles. The summed E-state index contributed by atoms with van der Waals surface area (Å²) in [6, 6.07) is 7.59. The first-order valence-corrected chi connectivity index (χ1v) is 7.18. The van der Waals surface area contributed by atoms with E-state index in [1.165, 1.54) is 6.39 Å². The number of rotatable bonds is 3. The highest BCUT2D eigenvalue weighted by atomic mass is 16.3. The Hall–Kier alpha value is -3.22. The fourth-order valence-electron chi connectivity index (χ4n) is 2.45. The van der Waals surface area contributed by atoms with Crippen molar-refractivity contribution in [2.45, 2.75) is 6.42 Å². The van der Waals surface area contributed by atoms with Crippen molar-refractivity contribution in [3.05, 3.63) is 58.5 Å². The van der Waals surface area contributed by atoms with Gasteiger partial charge in [0.15, 0.2) is 12.2 Å². The van der Waals surface area contributed by atoms with Crippen LogP contribution in [-0.4, -0.2) is 27.7 Å². The van der Waals surface area contributed by atoms with Crippen LogP contribution in [0.1, 0.15) is 11.3 Å². The Morgan fingerprint density at radius 1 is 1.22 bits per heavy atom. The SMILES string of the molecule is O=c1[nH]c(Nc2ccc(-c3cnco3)cc2)nc2c1C=NCC2. The molecule has 3 heterocycles. The average Bonchev–Trinajstić information content (AvgIpc) is 3.10. The predicted octanol–water partition coefficient (Wildman–Crippen LogP) is 2.14. The van der Waals surface area contributed by atoms with Gasteiger partial charge in [-0.05, 0) is 24.3 Å². The molecule has 1 aliphatic heterocycles. The van der Waals surface area contributed by atoms with Crippen molar-refractivity contribution in [3.8, 4) is 11.3 Å². The largest absolute Gasteiger partial charge is 0.444 e. The summed E-state index contributed by atoms with van der Waals surface area (Å²) in [7, 11) is 0. The van der Waals surface area contributed by atoms with Gasteiger partial charge in [-0.25, -0.2) is 9.97 Å². The number of anilines is 2. The summed E-state index contributed by atoms with van der Waals surface area (Å²) in [6.45, 7) is 0.661. The van der Waals surface area contributed by atoms with Gasteiger partial charge in [0.1, 0.15) is 0 Å². The summed E-state index contributed by atoms with van der Waals surface area (Å²) in [5.74, 6) is 1.13. The summed E-state index contributed by atoms with van der Waals surface area (Å²) < 4.78 is 5.25. The number of aromatic amines is 1. The van der Waals surface area contributed by atoms with Gasteiger partial charge in [-0.15, -0.1) is 0 Å². The highest BCUT2D eigenvalue weighted by Gasteiger charge is 2.12. The second kappa shape index (κ2) is 5.53. The van der Waals surface area contributed by atoms with Crippen molar-refractivity contribution >= 4 is 17.9 Å². The van der Waals surface area contributed by atoms with E-state index in [9.17, 15) is 4.79 Å². The molecule has 7 nitrogen and oxygen atoms in total. The van der Waals surface area contributed by atoms with Gasteiger partial charge in [0.25, 0.3) is 5.56 Å². The fraction of sp³-hybridized carbons (Fsp3) is 0.125. The summed E-state index contributed by atoms with van der Waals surface area (Å²) >= 11 is 0. The minimum Gasteiger partial charge on any atom is -0.444 e. The van der Waals surface area contributed by atoms with E-state index in [2.05, 4.69) is 25.3 Å². The van der Waals surface area contributed by atoms with Crippen molar-refractivity contribution in [2.24, 2.45) is 4.99 Å². The standard InChI is InChI=1S/C16H13N5O2/c22-15-12-7-17-6-5-13(12)20-16(21-15)19-11-3-1-10(2-4-11)14-8-18-9-23-14/h1-4,7-9H,5-6H2,(H2,19,20,21,22). The Balaban J connectivity index is 1.60. The molecule has 0 aliphatic carbocycles. The molecule has 0 atom stereocenters. The molecule has 4 rings (SSSR count). The highest BCUT2D eigenvalue weighted by Crippen LogP contribution is 2.22. The smallest absolute Gasteiger partial charge is 0.261 e. The Labute approximate surface area is 131 Å². The number of nitrogens with zero attached hydrogens (tertiary/aromatic N) is 3. The van der Waals surface area contributed by atoms with Gasteiger partial charge >= 0.3 is 0 Å². The average molecular weight is 307 g/mol. The zero-order chi connectivity index (χ0) is 15.6. The van der Waals surface area contributed by atoms with Crippen LogP contribution in [0.15, 0.2) is 51.1 Å². The zero-order valence-corrected chi connectivity index (χ0v) is 12.1. The summed E-state index contributed by atoms with van der Waals surface area (Å²) in [4.78, 5) is 27.2. The number of fused-ring (bicyclic) bond motifs is 1. The van der Waals surface area contributed by atoms with Gasteiger partial charge < -0.3 is 9.73 Å². The van der Waals surface area contributed by atoms with Crippen molar-refractivity contribution in [1.29, 1.82) is 0 Å². The molecule has 0 fully saturated rings. The van der Waals surface area contributed by atoms with E-state index < -0.39 is 0 Å². The second-order valence-electron chi connectivity index (χ2n) is 5.13. The lowest BCUT2D eigenvalue weighted by atomic mass is 10.1. The maximum absolute atomic E-state index is 12.0. The van der Waals surface area contributed by atoms with E-state index >= 15 is 0 Å². The van der Waals surface area contributed by atoms with E-state index in [1.54, 1.807) is 12.4 Å². The fourth-order valence-corrected chi connectivity index (χ4v) is 2.45. The molecule has 0 spiro atoms.